The normalized spacial score (nSPS) is 14.7. The van der Waals surface area contributed by atoms with Crippen molar-refractivity contribution in [3.8, 4) is 11.3 Å². The highest BCUT2D eigenvalue weighted by atomic mass is 16.4. The summed E-state index contributed by atoms with van der Waals surface area (Å²) in [5.74, 6) is -0.950. The molecule has 7 heteroatoms. The number of aromatic amines is 1. The molecule has 0 saturated carbocycles. The van der Waals surface area contributed by atoms with Crippen molar-refractivity contribution in [2.75, 3.05) is 0 Å². The van der Waals surface area contributed by atoms with Crippen molar-refractivity contribution in [1.82, 2.24) is 20.0 Å². The molecule has 0 saturated heterocycles. The van der Waals surface area contributed by atoms with E-state index in [0.717, 1.165) is 35.4 Å². The number of rotatable bonds is 4. The molecule has 2 heterocycles. The number of carbonyl (C=O) groups is 1. The summed E-state index contributed by atoms with van der Waals surface area (Å²) in [6.07, 6.45) is 3.90. The Morgan fingerprint density at radius 1 is 1.60 bits per heavy atom. The number of aryl methyl sites for hydroxylation is 1. The number of hydrogen-bond acceptors (Lipinski definition) is 4. The van der Waals surface area contributed by atoms with Gasteiger partial charge in [0.15, 0.2) is 0 Å². The molecular formula is C13H17N5O2. The number of carboxylic acid groups (broad SMARTS) is 1. The number of fused-ring (bicyclic) bond motifs is 3. The zero-order valence-corrected chi connectivity index (χ0v) is 11.3. The summed E-state index contributed by atoms with van der Waals surface area (Å²) in [7, 11) is 0. The standard InChI is InChI=1S/C13H17N5O2/c1-2-7(14)6-18-12(13(19)20)8-3-4-10-9(5-15-16-10)11(8)17-18/h5,7H,2-4,6,14H2,1H3,(H,15,16)(H,19,20). The van der Waals surface area contributed by atoms with Crippen LogP contribution in [-0.4, -0.2) is 37.1 Å². The van der Waals surface area contributed by atoms with Crippen LogP contribution in [0.25, 0.3) is 11.3 Å². The van der Waals surface area contributed by atoms with Crippen LogP contribution >= 0.6 is 0 Å². The third-order valence-electron chi connectivity index (χ3n) is 3.78. The minimum absolute atomic E-state index is 0.0988. The molecular weight excluding hydrogens is 258 g/mol. The van der Waals surface area contributed by atoms with E-state index in [0.29, 0.717) is 13.0 Å². The topological polar surface area (TPSA) is 110 Å². The number of nitrogens with one attached hydrogen (secondary N) is 1. The van der Waals surface area contributed by atoms with Gasteiger partial charge in [-0.05, 0) is 19.3 Å². The molecule has 4 N–H and O–H groups in total. The molecule has 106 valence electrons. The first-order valence-corrected chi connectivity index (χ1v) is 6.73. The van der Waals surface area contributed by atoms with E-state index >= 15 is 0 Å². The summed E-state index contributed by atoms with van der Waals surface area (Å²) in [4.78, 5) is 11.5. The maximum atomic E-state index is 11.5. The minimum atomic E-state index is -0.950. The molecule has 0 spiro atoms. The van der Waals surface area contributed by atoms with Gasteiger partial charge in [-0.25, -0.2) is 4.79 Å². The van der Waals surface area contributed by atoms with Crippen LogP contribution in [0.1, 0.15) is 35.1 Å². The molecule has 20 heavy (non-hydrogen) atoms. The highest BCUT2D eigenvalue weighted by molar-refractivity contribution is 5.90. The molecule has 0 aromatic carbocycles. The third kappa shape index (κ3) is 1.90. The molecule has 1 unspecified atom stereocenters. The lowest BCUT2D eigenvalue weighted by atomic mass is 9.94. The van der Waals surface area contributed by atoms with Crippen molar-refractivity contribution < 1.29 is 9.90 Å². The third-order valence-corrected chi connectivity index (χ3v) is 3.78. The number of H-pyrrole nitrogens is 1. The molecule has 0 aliphatic heterocycles. The molecule has 1 atom stereocenters. The van der Waals surface area contributed by atoms with E-state index in [4.69, 9.17) is 5.73 Å². The van der Waals surface area contributed by atoms with E-state index in [2.05, 4.69) is 15.3 Å². The fourth-order valence-electron chi connectivity index (χ4n) is 2.63. The predicted molar refractivity (Wildman–Crippen MR) is 72.4 cm³/mol. The number of nitrogens with two attached hydrogens (primary N) is 1. The quantitative estimate of drug-likeness (QED) is 0.764. The van der Waals surface area contributed by atoms with Crippen molar-refractivity contribution in [1.29, 1.82) is 0 Å². The average Bonchev–Trinajstić information content (AvgIpc) is 3.00. The van der Waals surface area contributed by atoms with Crippen LogP contribution in [0.3, 0.4) is 0 Å². The van der Waals surface area contributed by atoms with Crippen LogP contribution in [-0.2, 0) is 19.4 Å². The zero-order chi connectivity index (χ0) is 14.3. The summed E-state index contributed by atoms with van der Waals surface area (Å²) >= 11 is 0. The molecule has 0 bridgehead atoms. The molecule has 1 aliphatic carbocycles. The second-order valence-electron chi connectivity index (χ2n) is 5.09. The van der Waals surface area contributed by atoms with Gasteiger partial charge in [-0.15, -0.1) is 0 Å². The number of carboxylic acids is 1. The Kier molecular flexibility index (Phi) is 3.06. The summed E-state index contributed by atoms with van der Waals surface area (Å²) in [6, 6.07) is -0.0988. The molecule has 1 aliphatic rings. The lowest BCUT2D eigenvalue weighted by Crippen LogP contribution is -2.27. The van der Waals surface area contributed by atoms with Gasteiger partial charge in [0.05, 0.1) is 18.4 Å². The fourth-order valence-corrected chi connectivity index (χ4v) is 2.63. The van der Waals surface area contributed by atoms with Gasteiger partial charge in [-0.2, -0.15) is 10.2 Å². The summed E-state index contributed by atoms with van der Waals surface area (Å²) in [5, 5.41) is 20.9. The lowest BCUT2D eigenvalue weighted by Gasteiger charge is -2.11. The van der Waals surface area contributed by atoms with Gasteiger partial charge < -0.3 is 10.8 Å². The predicted octanol–water partition coefficient (Wildman–Crippen LogP) is 0.807. The van der Waals surface area contributed by atoms with Crippen molar-refractivity contribution in [3.05, 3.63) is 23.1 Å². The Hall–Kier alpha value is -2.15. The van der Waals surface area contributed by atoms with E-state index in [9.17, 15) is 9.90 Å². The van der Waals surface area contributed by atoms with Crippen molar-refractivity contribution in [2.45, 2.75) is 38.8 Å². The number of aromatic carboxylic acids is 1. The minimum Gasteiger partial charge on any atom is -0.477 e. The maximum absolute atomic E-state index is 11.5. The molecule has 0 fully saturated rings. The van der Waals surface area contributed by atoms with Crippen LogP contribution in [0.5, 0.6) is 0 Å². The molecule has 7 nitrogen and oxygen atoms in total. The second kappa shape index (κ2) is 4.75. The number of hydrogen-bond donors (Lipinski definition) is 3. The van der Waals surface area contributed by atoms with Crippen molar-refractivity contribution in [2.24, 2.45) is 5.73 Å². The van der Waals surface area contributed by atoms with Gasteiger partial charge in [-0.1, -0.05) is 6.92 Å². The average molecular weight is 275 g/mol. The smallest absolute Gasteiger partial charge is 0.354 e. The Morgan fingerprint density at radius 3 is 3.10 bits per heavy atom. The first-order chi connectivity index (χ1) is 9.61. The molecule has 2 aromatic heterocycles. The van der Waals surface area contributed by atoms with Gasteiger partial charge in [0.2, 0.25) is 0 Å². The summed E-state index contributed by atoms with van der Waals surface area (Å²) in [5.41, 5.74) is 9.62. The van der Waals surface area contributed by atoms with Crippen molar-refractivity contribution in [3.63, 3.8) is 0 Å². The molecule has 3 rings (SSSR count). The van der Waals surface area contributed by atoms with E-state index in [1.54, 1.807) is 6.20 Å². The van der Waals surface area contributed by atoms with Crippen LogP contribution in [0.2, 0.25) is 0 Å². The monoisotopic (exact) mass is 275 g/mol. The summed E-state index contributed by atoms with van der Waals surface area (Å²) < 4.78 is 1.53. The lowest BCUT2D eigenvalue weighted by molar-refractivity contribution is 0.0681. The van der Waals surface area contributed by atoms with Crippen LogP contribution < -0.4 is 5.73 Å². The van der Waals surface area contributed by atoms with Gasteiger partial charge in [-0.3, -0.25) is 9.78 Å². The van der Waals surface area contributed by atoms with Crippen LogP contribution in [0, 0.1) is 0 Å². The Balaban J connectivity index is 2.12. The van der Waals surface area contributed by atoms with Gasteiger partial charge in [0, 0.05) is 22.9 Å². The molecule has 0 amide bonds. The summed E-state index contributed by atoms with van der Waals surface area (Å²) in [6.45, 7) is 2.39. The second-order valence-corrected chi connectivity index (χ2v) is 5.09. The number of aromatic nitrogens is 4. The van der Waals surface area contributed by atoms with Crippen LogP contribution in [0.15, 0.2) is 6.20 Å². The van der Waals surface area contributed by atoms with E-state index in [1.165, 1.54) is 4.68 Å². The van der Waals surface area contributed by atoms with Crippen molar-refractivity contribution >= 4 is 5.97 Å². The largest absolute Gasteiger partial charge is 0.477 e. The Labute approximate surface area is 115 Å². The van der Waals surface area contributed by atoms with Gasteiger partial charge in [0.25, 0.3) is 0 Å². The van der Waals surface area contributed by atoms with E-state index in [-0.39, 0.29) is 11.7 Å². The maximum Gasteiger partial charge on any atom is 0.354 e. The Morgan fingerprint density at radius 2 is 2.40 bits per heavy atom. The Bertz CT molecular complexity index is 658. The first-order valence-electron chi connectivity index (χ1n) is 6.73. The number of nitrogens with zero attached hydrogens (tertiary/aromatic N) is 3. The van der Waals surface area contributed by atoms with Crippen LogP contribution in [0.4, 0.5) is 0 Å². The highest BCUT2D eigenvalue weighted by Crippen LogP contribution is 2.33. The zero-order valence-electron chi connectivity index (χ0n) is 11.3. The molecule has 2 aromatic rings. The van der Waals surface area contributed by atoms with Gasteiger partial charge >= 0.3 is 5.97 Å². The molecule has 0 radical (unpaired) electrons. The van der Waals surface area contributed by atoms with Gasteiger partial charge in [0.1, 0.15) is 5.69 Å². The van der Waals surface area contributed by atoms with E-state index < -0.39 is 5.97 Å². The fraction of sp³-hybridized carbons (Fsp3) is 0.462. The van der Waals surface area contributed by atoms with E-state index in [1.807, 2.05) is 6.92 Å². The first kappa shape index (κ1) is 12.9. The highest BCUT2D eigenvalue weighted by Gasteiger charge is 2.29. The SMILES string of the molecule is CCC(N)Cn1nc2c(c1C(=O)O)CCc1[nH]ncc1-2.